The van der Waals surface area contributed by atoms with Gasteiger partial charge in [-0.1, -0.05) is 41.9 Å². The van der Waals surface area contributed by atoms with Crippen LogP contribution in [-0.2, 0) is 19.1 Å². The molecule has 0 bridgehead atoms. The summed E-state index contributed by atoms with van der Waals surface area (Å²) in [6.07, 6.45) is 2.72. The monoisotopic (exact) mass is 379 g/mol. The second-order valence-electron chi connectivity index (χ2n) is 5.94. The van der Waals surface area contributed by atoms with Crippen molar-refractivity contribution in [3.8, 4) is 0 Å². The first-order chi connectivity index (χ1) is 10.8. The van der Waals surface area contributed by atoms with Gasteiger partial charge in [0.15, 0.2) is 6.10 Å². The number of benzene rings is 1. The lowest BCUT2D eigenvalue weighted by Gasteiger charge is -2.28. The van der Waals surface area contributed by atoms with Crippen LogP contribution in [0.5, 0.6) is 0 Å². The lowest BCUT2D eigenvalue weighted by Crippen LogP contribution is -2.39. The quantitative estimate of drug-likeness (QED) is 0.735. The first-order valence-corrected chi connectivity index (χ1v) is 7.93. The smallest absolute Gasteiger partial charge is 0.302 e. The summed E-state index contributed by atoms with van der Waals surface area (Å²) in [6.45, 7) is 5.03. The molecule has 1 aliphatic heterocycles. The SMILES string of the molecule is CC(=O)OCC(C)(C)C1OC(/C=C/c2ccc(Br)cc2)=NC1=O. The zero-order valence-corrected chi connectivity index (χ0v) is 14.8. The van der Waals surface area contributed by atoms with Crippen molar-refractivity contribution in [2.75, 3.05) is 6.61 Å². The Morgan fingerprint density at radius 3 is 2.61 bits per heavy atom. The van der Waals surface area contributed by atoms with Gasteiger partial charge in [-0.2, -0.15) is 4.99 Å². The van der Waals surface area contributed by atoms with Crippen LogP contribution in [-0.4, -0.2) is 30.5 Å². The van der Waals surface area contributed by atoms with Crippen molar-refractivity contribution in [2.24, 2.45) is 10.4 Å². The summed E-state index contributed by atoms with van der Waals surface area (Å²) in [7, 11) is 0. The van der Waals surface area contributed by atoms with Gasteiger partial charge in [-0.3, -0.25) is 9.59 Å². The number of carbonyl (C=O) groups is 2. The van der Waals surface area contributed by atoms with Crippen LogP contribution in [0.3, 0.4) is 0 Å². The minimum atomic E-state index is -0.758. The Kier molecular flexibility index (Phi) is 5.36. The van der Waals surface area contributed by atoms with Crippen molar-refractivity contribution >= 4 is 39.8 Å². The zero-order valence-electron chi connectivity index (χ0n) is 13.2. The van der Waals surface area contributed by atoms with Gasteiger partial charge in [-0.05, 0) is 23.8 Å². The van der Waals surface area contributed by atoms with Crippen molar-refractivity contribution in [2.45, 2.75) is 26.9 Å². The second kappa shape index (κ2) is 7.08. The number of carbonyl (C=O) groups excluding carboxylic acids is 2. The molecule has 1 atom stereocenters. The number of aliphatic imine (C=N–C) groups is 1. The van der Waals surface area contributed by atoms with Crippen LogP contribution in [0.1, 0.15) is 26.3 Å². The molecule has 0 radical (unpaired) electrons. The number of ether oxygens (including phenoxy) is 2. The van der Waals surface area contributed by atoms with E-state index in [0.717, 1.165) is 10.0 Å². The normalized spacial score (nSPS) is 18.0. The number of hydrogen-bond donors (Lipinski definition) is 0. The van der Waals surface area contributed by atoms with E-state index in [0.29, 0.717) is 0 Å². The molecule has 122 valence electrons. The maximum atomic E-state index is 12.0. The average Bonchev–Trinajstić information content (AvgIpc) is 2.87. The third kappa shape index (κ3) is 4.76. The molecule has 0 aromatic heterocycles. The second-order valence-corrected chi connectivity index (χ2v) is 6.86. The van der Waals surface area contributed by atoms with Crippen molar-refractivity contribution in [3.63, 3.8) is 0 Å². The Hall–Kier alpha value is -1.95. The molecule has 5 nitrogen and oxygen atoms in total. The number of hydrogen-bond acceptors (Lipinski definition) is 4. The molecule has 0 N–H and O–H groups in total. The van der Waals surface area contributed by atoms with E-state index in [4.69, 9.17) is 9.47 Å². The summed E-state index contributed by atoms with van der Waals surface area (Å²) in [6, 6.07) is 7.71. The van der Waals surface area contributed by atoms with Crippen LogP contribution in [0.25, 0.3) is 6.08 Å². The topological polar surface area (TPSA) is 65.0 Å². The molecule has 1 heterocycles. The van der Waals surface area contributed by atoms with Crippen molar-refractivity contribution in [1.29, 1.82) is 0 Å². The molecule has 1 aromatic carbocycles. The summed E-state index contributed by atoms with van der Waals surface area (Å²) >= 11 is 3.37. The van der Waals surface area contributed by atoms with E-state index >= 15 is 0 Å². The highest BCUT2D eigenvalue weighted by atomic mass is 79.9. The number of amides is 1. The van der Waals surface area contributed by atoms with Crippen LogP contribution in [0.2, 0.25) is 0 Å². The van der Waals surface area contributed by atoms with Gasteiger partial charge in [-0.15, -0.1) is 0 Å². The van der Waals surface area contributed by atoms with Crippen LogP contribution < -0.4 is 0 Å². The van der Waals surface area contributed by atoms with Gasteiger partial charge in [0.05, 0.1) is 0 Å². The Morgan fingerprint density at radius 2 is 2.00 bits per heavy atom. The molecular weight excluding hydrogens is 362 g/mol. The Morgan fingerprint density at radius 1 is 1.35 bits per heavy atom. The molecule has 0 aliphatic carbocycles. The highest BCUT2D eigenvalue weighted by Crippen LogP contribution is 2.28. The Balaban J connectivity index is 2.02. The molecule has 1 unspecified atom stereocenters. The Labute approximate surface area is 143 Å². The fraction of sp³-hybridized carbons (Fsp3) is 0.353. The third-order valence-electron chi connectivity index (χ3n) is 3.33. The van der Waals surface area contributed by atoms with E-state index in [9.17, 15) is 9.59 Å². The van der Waals surface area contributed by atoms with E-state index in [1.807, 2.05) is 30.3 Å². The van der Waals surface area contributed by atoms with Gasteiger partial charge in [0.25, 0.3) is 5.91 Å². The molecule has 1 aliphatic rings. The maximum Gasteiger partial charge on any atom is 0.302 e. The fourth-order valence-corrected chi connectivity index (χ4v) is 2.30. The van der Waals surface area contributed by atoms with Crippen molar-refractivity contribution in [3.05, 3.63) is 40.4 Å². The van der Waals surface area contributed by atoms with Gasteiger partial charge < -0.3 is 9.47 Å². The van der Waals surface area contributed by atoms with E-state index < -0.39 is 11.5 Å². The summed E-state index contributed by atoms with van der Waals surface area (Å²) in [5.74, 6) is -0.490. The predicted octanol–water partition coefficient (Wildman–Crippen LogP) is 3.38. The molecule has 0 saturated carbocycles. The summed E-state index contributed by atoms with van der Waals surface area (Å²) in [5, 5.41) is 0. The van der Waals surface area contributed by atoms with Crippen molar-refractivity contribution in [1.82, 2.24) is 0 Å². The molecular formula is C17H18BrNO4. The lowest BCUT2D eigenvalue weighted by molar-refractivity contribution is -0.148. The van der Waals surface area contributed by atoms with Gasteiger partial charge in [0, 0.05) is 22.9 Å². The first kappa shape index (κ1) is 17.4. The molecule has 1 aromatic rings. The average molecular weight is 380 g/mol. The first-order valence-electron chi connectivity index (χ1n) is 7.14. The Bertz CT molecular complexity index is 662. The lowest BCUT2D eigenvalue weighted by atomic mass is 9.87. The van der Waals surface area contributed by atoms with Crippen LogP contribution in [0.15, 0.2) is 39.8 Å². The summed E-state index contributed by atoms with van der Waals surface area (Å²) < 4.78 is 11.6. The van der Waals surface area contributed by atoms with Gasteiger partial charge in [0.2, 0.25) is 5.90 Å². The van der Waals surface area contributed by atoms with Crippen molar-refractivity contribution < 1.29 is 19.1 Å². The fourth-order valence-electron chi connectivity index (χ4n) is 2.04. The molecule has 0 saturated heterocycles. The number of halogens is 1. The molecule has 2 rings (SSSR count). The molecule has 23 heavy (non-hydrogen) atoms. The largest absolute Gasteiger partial charge is 0.465 e. The molecule has 0 spiro atoms. The van der Waals surface area contributed by atoms with Gasteiger partial charge in [-0.25, -0.2) is 0 Å². The van der Waals surface area contributed by atoms with Gasteiger partial charge in [0.1, 0.15) is 6.61 Å². The predicted molar refractivity (Wildman–Crippen MR) is 90.9 cm³/mol. The van der Waals surface area contributed by atoms with Gasteiger partial charge >= 0.3 is 5.97 Å². The molecule has 0 fully saturated rings. The van der Waals surface area contributed by atoms with E-state index in [-0.39, 0.29) is 24.4 Å². The summed E-state index contributed by atoms with van der Waals surface area (Å²) in [4.78, 5) is 26.9. The highest BCUT2D eigenvalue weighted by molar-refractivity contribution is 9.10. The van der Waals surface area contributed by atoms with E-state index in [1.165, 1.54) is 6.92 Å². The third-order valence-corrected chi connectivity index (χ3v) is 3.86. The molecule has 1 amide bonds. The van der Waals surface area contributed by atoms with Crippen LogP contribution >= 0.6 is 15.9 Å². The van der Waals surface area contributed by atoms with Crippen LogP contribution in [0, 0.1) is 5.41 Å². The zero-order chi connectivity index (χ0) is 17.0. The standard InChI is InChI=1S/C17H18BrNO4/c1-11(20)22-10-17(2,3)15-16(21)19-14(23-15)9-6-12-4-7-13(18)8-5-12/h4-9,15H,10H2,1-3H3/b9-6+. The van der Waals surface area contributed by atoms with E-state index in [2.05, 4.69) is 20.9 Å². The maximum absolute atomic E-state index is 12.0. The van der Waals surface area contributed by atoms with Crippen LogP contribution in [0.4, 0.5) is 0 Å². The summed E-state index contributed by atoms with van der Waals surface area (Å²) in [5.41, 5.74) is 0.314. The van der Waals surface area contributed by atoms with E-state index in [1.54, 1.807) is 19.9 Å². The highest BCUT2D eigenvalue weighted by Gasteiger charge is 2.42. The molecule has 6 heteroatoms. The minimum Gasteiger partial charge on any atom is -0.465 e. The number of esters is 1. The number of rotatable bonds is 5. The minimum absolute atomic E-state index is 0.0952. The number of nitrogens with zero attached hydrogens (tertiary/aromatic N) is 1.